The predicted molar refractivity (Wildman–Crippen MR) is 79.1 cm³/mol. The first-order valence-electron chi connectivity index (χ1n) is 5.93. The molecule has 1 unspecified atom stereocenters. The van der Waals surface area contributed by atoms with Crippen molar-refractivity contribution in [2.45, 2.75) is 37.9 Å². The summed E-state index contributed by atoms with van der Waals surface area (Å²) in [7, 11) is 1.72. The van der Waals surface area contributed by atoms with E-state index in [9.17, 15) is 0 Å². The van der Waals surface area contributed by atoms with Gasteiger partial charge < -0.3 is 4.74 Å². The number of alkyl halides is 1. The Bertz CT molecular complexity index is 426. The third-order valence-electron chi connectivity index (χ3n) is 3.56. The van der Waals surface area contributed by atoms with Crippen molar-refractivity contribution in [1.29, 1.82) is 0 Å². The number of rotatable bonds is 1. The summed E-state index contributed by atoms with van der Waals surface area (Å²) in [5, 5.41) is 0. The van der Waals surface area contributed by atoms with E-state index < -0.39 is 0 Å². The molecule has 2 rings (SSSR count). The first-order valence-corrected chi connectivity index (χ1v) is 7.64. The van der Waals surface area contributed by atoms with Crippen LogP contribution in [0.1, 0.15) is 42.6 Å². The molecule has 0 saturated heterocycles. The summed E-state index contributed by atoms with van der Waals surface area (Å²) in [5.74, 6) is 0.930. The molecule has 0 amide bonds. The summed E-state index contributed by atoms with van der Waals surface area (Å²) in [6.07, 6.45) is 3.53. The summed E-state index contributed by atoms with van der Waals surface area (Å²) in [6, 6.07) is 4.23. The SMILES string of the molecule is COc1cc(Br)c2c(c1)C(Br)CC(C)(C)CC2. The number of halogens is 2. The zero-order valence-corrected chi connectivity index (χ0v) is 13.7. The van der Waals surface area contributed by atoms with E-state index >= 15 is 0 Å². The largest absolute Gasteiger partial charge is 0.497 e. The van der Waals surface area contributed by atoms with Crippen molar-refractivity contribution in [1.82, 2.24) is 0 Å². The van der Waals surface area contributed by atoms with Gasteiger partial charge >= 0.3 is 0 Å². The number of benzene rings is 1. The van der Waals surface area contributed by atoms with E-state index in [4.69, 9.17) is 4.74 Å². The van der Waals surface area contributed by atoms with Crippen LogP contribution in [0.15, 0.2) is 16.6 Å². The highest BCUT2D eigenvalue weighted by molar-refractivity contribution is 9.10. The average Bonchev–Trinajstić information content (AvgIpc) is 2.36. The lowest BCUT2D eigenvalue weighted by Crippen LogP contribution is -2.11. The maximum Gasteiger partial charge on any atom is 0.120 e. The van der Waals surface area contributed by atoms with Crippen LogP contribution in [0, 0.1) is 5.41 Å². The molecule has 1 aromatic rings. The Balaban J connectivity index is 2.47. The Morgan fingerprint density at radius 3 is 2.71 bits per heavy atom. The van der Waals surface area contributed by atoms with E-state index in [1.54, 1.807) is 7.11 Å². The van der Waals surface area contributed by atoms with Crippen molar-refractivity contribution in [2.24, 2.45) is 5.41 Å². The Kier molecular flexibility index (Phi) is 3.89. The Hall–Kier alpha value is -0.0200. The zero-order chi connectivity index (χ0) is 12.6. The third kappa shape index (κ3) is 2.87. The second-order valence-corrected chi connectivity index (χ2v) is 7.47. The summed E-state index contributed by atoms with van der Waals surface area (Å²) in [6.45, 7) is 4.69. The molecule has 0 radical (unpaired) electrons. The molecular formula is C14H18Br2O. The van der Waals surface area contributed by atoms with Gasteiger partial charge in [-0.15, -0.1) is 0 Å². The molecule has 17 heavy (non-hydrogen) atoms. The normalized spacial score (nSPS) is 22.8. The molecular weight excluding hydrogens is 344 g/mol. The molecule has 0 heterocycles. The van der Waals surface area contributed by atoms with Gasteiger partial charge in [-0.2, -0.15) is 0 Å². The maximum absolute atomic E-state index is 5.35. The van der Waals surface area contributed by atoms with Gasteiger partial charge in [-0.05, 0) is 47.9 Å². The fourth-order valence-electron chi connectivity index (χ4n) is 2.45. The van der Waals surface area contributed by atoms with E-state index in [-0.39, 0.29) is 0 Å². The Morgan fingerprint density at radius 2 is 2.06 bits per heavy atom. The Labute approximate surface area is 120 Å². The van der Waals surface area contributed by atoms with Crippen molar-refractivity contribution < 1.29 is 4.74 Å². The van der Waals surface area contributed by atoms with Crippen molar-refractivity contribution in [2.75, 3.05) is 7.11 Å². The van der Waals surface area contributed by atoms with Gasteiger partial charge in [-0.1, -0.05) is 45.7 Å². The van der Waals surface area contributed by atoms with Gasteiger partial charge in [0.05, 0.1) is 7.11 Å². The molecule has 0 aliphatic heterocycles. The number of fused-ring (bicyclic) bond motifs is 1. The van der Waals surface area contributed by atoms with Crippen LogP contribution in [0.5, 0.6) is 5.75 Å². The minimum absolute atomic E-state index is 0.389. The van der Waals surface area contributed by atoms with E-state index in [1.165, 1.54) is 28.4 Å². The van der Waals surface area contributed by atoms with E-state index in [0.29, 0.717) is 10.2 Å². The van der Waals surface area contributed by atoms with Crippen LogP contribution in [0.3, 0.4) is 0 Å². The smallest absolute Gasteiger partial charge is 0.120 e. The number of hydrogen-bond acceptors (Lipinski definition) is 1. The van der Waals surface area contributed by atoms with E-state index in [1.807, 2.05) is 0 Å². The van der Waals surface area contributed by atoms with Gasteiger partial charge in [0.1, 0.15) is 5.75 Å². The first-order chi connectivity index (χ1) is 7.93. The molecule has 0 N–H and O–H groups in total. The monoisotopic (exact) mass is 360 g/mol. The lowest BCUT2D eigenvalue weighted by molar-refractivity contribution is 0.316. The fraction of sp³-hybridized carbons (Fsp3) is 0.571. The van der Waals surface area contributed by atoms with E-state index in [2.05, 4.69) is 57.8 Å². The fourth-order valence-corrected chi connectivity index (χ4v) is 4.39. The van der Waals surface area contributed by atoms with Crippen molar-refractivity contribution in [3.63, 3.8) is 0 Å². The minimum atomic E-state index is 0.389. The van der Waals surface area contributed by atoms with Crippen molar-refractivity contribution in [3.8, 4) is 5.75 Å². The molecule has 0 bridgehead atoms. The van der Waals surface area contributed by atoms with Crippen LogP contribution >= 0.6 is 31.9 Å². The molecule has 0 saturated carbocycles. The summed E-state index contributed by atoms with van der Waals surface area (Å²) in [5.41, 5.74) is 3.19. The molecule has 1 aromatic carbocycles. The number of ether oxygens (including phenoxy) is 1. The quantitative estimate of drug-likeness (QED) is 0.490. The molecule has 3 heteroatoms. The first kappa shape index (κ1) is 13.4. The van der Waals surface area contributed by atoms with Crippen LogP contribution in [0.2, 0.25) is 0 Å². The van der Waals surface area contributed by atoms with Gasteiger partial charge in [-0.3, -0.25) is 0 Å². The second-order valence-electron chi connectivity index (χ2n) is 5.51. The topological polar surface area (TPSA) is 9.23 Å². The standard InChI is InChI=1S/C14H18Br2O/c1-14(2)5-4-10-11(13(16)8-14)6-9(17-3)7-12(10)15/h6-7,13H,4-5,8H2,1-3H3. The molecule has 1 nitrogen and oxygen atoms in total. The molecule has 1 aliphatic rings. The summed E-state index contributed by atoms with van der Waals surface area (Å²) >= 11 is 7.51. The van der Waals surface area contributed by atoms with Gasteiger partial charge in [0.15, 0.2) is 0 Å². The summed E-state index contributed by atoms with van der Waals surface area (Å²) in [4.78, 5) is 0.418. The van der Waals surface area contributed by atoms with Crippen LogP contribution in [0.25, 0.3) is 0 Å². The van der Waals surface area contributed by atoms with Crippen LogP contribution in [-0.2, 0) is 6.42 Å². The van der Waals surface area contributed by atoms with Crippen molar-refractivity contribution >= 4 is 31.9 Å². The minimum Gasteiger partial charge on any atom is -0.497 e. The lowest BCUT2D eigenvalue weighted by Gasteiger charge is -2.23. The third-order valence-corrected chi connectivity index (χ3v) is 5.08. The van der Waals surface area contributed by atoms with Gasteiger partial charge in [0.25, 0.3) is 0 Å². The highest BCUT2D eigenvalue weighted by Gasteiger charge is 2.29. The number of methoxy groups -OCH3 is 1. The molecule has 0 spiro atoms. The molecule has 94 valence electrons. The lowest BCUT2D eigenvalue weighted by atomic mass is 9.84. The van der Waals surface area contributed by atoms with Gasteiger partial charge in [0.2, 0.25) is 0 Å². The highest BCUT2D eigenvalue weighted by atomic mass is 79.9. The molecule has 0 fully saturated rings. The zero-order valence-electron chi connectivity index (χ0n) is 10.5. The Morgan fingerprint density at radius 1 is 1.35 bits per heavy atom. The second kappa shape index (κ2) is 4.93. The summed E-state index contributed by atoms with van der Waals surface area (Å²) < 4.78 is 6.53. The molecule has 1 atom stereocenters. The van der Waals surface area contributed by atoms with Crippen molar-refractivity contribution in [3.05, 3.63) is 27.7 Å². The predicted octanol–water partition coefficient (Wildman–Crippen LogP) is 5.26. The van der Waals surface area contributed by atoms with E-state index in [0.717, 1.165) is 12.2 Å². The van der Waals surface area contributed by atoms with Crippen LogP contribution < -0.4 is 4.74 Å². The highest BCUT2D eigenvalue weighted by Crippen LogP contribution is 2.46. The van der Waals surface area contributed by atoms with Crippen LogP contribution in [-0.4, -0.2) is 7.11 Å². The molecule has 1 aliphatic carbocycles. The molecule has 0 aromatic heterocycles. The maximum atomic E-state index is 5.35. The number of hydrogen-bond donors (Lipinski definition) is 0. The van der Waals surface area contributed by atoms with Gasteiger partial charge in [-0.25, -0.2) is 0 Å². The average molecular weight is 362 g/mol. The van der Waals surface area contributed by atoms with Crippen LogP contribution in [0.4, 0.5) is 0 Å². The van der Waals surface area contributed by atoms with Gasteiger partial charge in [0, 0.05) is 9.30 Å².